The Morgan fingerprint density at radius 3 is 1.93 bits per heavy atom. The van der Waals surface area contributed by atoms with Gasteiger partial charge in [0.25, 0.3) is 0 Å². The highest BCUT2D eigenvalue weighted by Gasteiger charge is 2.32. The molecule has 0 heterocycles. The van der Waals surface area contributed by atoms with Gasteiger partial charge in [-0.25, -0.2) is 4.79 Å². The lowest BCUT2D eigenvalue weighted by atomic mass is 10.0. The second kappa shape index (κ2) is 13.4. The van der Waals surface area contributed by atoms with Crippen molar-refractivity contribution in [1.82, 2.24) is 16.0 Å². The first-order valence-electron chi connectivity index (χ1n) is 9.13. The van der Waals surface area contributed by atoms with E-state index in [1.165, 1.54) is 18.7 Å². The van der Waals surface area contributed by atoms with Gasteiger partial charge in [-0.2, -0.15) is 11.8 Å². The molecule has 0 rings (SSSR count). The zero-order chi connectivity index (χ0) is 22.7. The summed E-state index contributed by atoms with van der Waals surface area (Å²) >= 11 is 1.40. The molecule has 0 aromatic heterocycles. The number of carbonyl (C=O) groups excluding carboxylic acids is 3. The van der Waals surface area contributed by atoms with E-state index in [-0.39, 0.29) is 12.3 Å². The molecule has 0 aliphatic rings. The zero-order valence-electron chi connectivity index (χ0n) is 17.0. The van der Waals surface area contributed by atoms with Crippen LogP contribution in [0.15, 0.2) is 0 Å². The van der Waals surface area contributed by atoms with Crippen molar-refractivity contribution in [2.24, 2.45) is 11.7 Å². The summed E-state index contributed by atoms with van der Waals surface area (Å²) in [5, 5.41) is 35.3. The van der Waals surface area contributed by atoms with Crippen LogP contribution in [0.2, 0.25) is 0 Å². The molecule has 5 atom stereocenters. The van der Waals surface area contributed by atoms with Crippen LogP contribution in [0.3, 0.4) is 0 Å². The standard InChI is InChI=1S/C17H32N4O7S/c1-8(2)12(18)15(25)20-11(7-22)14(24)21-13(9(3)23)16(26)19-10(17(27)28)5-6-29-4/h8-13,22-23H,5-7,18H2,1-4H3,(H,19,26)(H,20,25)(H,21,24)(H,27,28). The third-order valence-electron chi connectivity index (χ3n) is 4.12. The lowest BCUT2D eigenvalue weighted by molar-refractivity contribution is -0.143. The Kier molecular flexibility index (Phi) is 12.5. The number of carboxylic acids is 1. The number of nitrogens with two attached hydrogens (primary N) is 1. The minimum Gasteiger partial charge on any atom is -0.480 e. The van der Waals surface area contributed by atoms with Crippen molar-refractivity contribution in [3.8, 4) is 0 Å². The van der Waals surface area contributed by atoms with Crippen LogP contribution in [0.1, 0.15) is 27.2 Å². The third kappa shape index (κ3) is 9.43. The van der Waals surface area contributed by atoms with Gasteiger partial charge in [0.05, 0.1) is 18.8 Å². The molecule has 12 heteroatoms. The summed E-state index contributed by atoms with van der Waals surface area (Å²) in [6, 6.07) is -4.97. The molecule has 0 aromatic rings. The van der Waals surface area contributed by atoms with Gasteiger partial charge < -0.3 is 37.0 Å². The Bertz CT molecular complexity index is 574. The third-order valence-corrected chi connectivity index (χ3v) is 4.77. The first-order valence-corrected chi connectivity index (χ1v) is 10.5. The van der Waals surface area contributed by atoms with Crippen molar-refractivity contribution >= 4 is 35.5 Å². The molecule has 0 saturated heterocycles. The summed E-state index contributed by atoms with van der Waals surface area (Å²) in [7, 11) is 0. The van der Waals surface area contributed by atoms with E-state index in [2.05, 4.69) is 16.0 Å². The average Bonchev–Trinajstić information content (AvgIpc) is 2.65. The molecule has 0 aromatic carbocycles. The van der Waals surface area contributed by atoms with E-state index in [9.17, 15) is 34.5 Å². The smallest absolute Gasteiger partial charge is 0.326 e. The van der Waals surface area contributed by atoms with Gasteiger partial charge in [0.1, 0.15) is 18.1 Å². The molecule has 0 bridgehead atoms. The van der Waals surface area contributed by atoms with Crippen LogP contribution < -0.4 is 21.7 Å². The van der Waals surface area contributed by atoms with E-state index in [4.69, 9.17) is 5.73 Å². The fourth-order valence-electron chi connectivity index (χ4n) is 2.18. The number of amides is 3. The summed E-state index contributed by atoms with van der Waals surface area (Å²) in [6.07, 6.45) is 0.584. The fourth-order valence-corrected chi connectivity index (χ4v) is 2.65. The minimum absolute atomic E-state index is 0.158. The first-order chi connectivity index (χ1) is 13.5. The van der Waals surface area contributed by atoms with Gasteiger partial charge in [-0.1, -0.05) is 13.8 Å². The molecule has 168 valence electrons. The summed E-state index contributed by atoms with van der Waals surface area (Å²) in [5.41, 5.74) is 5.70. The van der Waals surface area contributed by atoms with E-state index < -0.39 is 60.6 Å². The number of nitrogens with one attached hydrogen (secondary N) is 3. The number of aliphatic hydroxyl groups is 2. The van der Waals surface area contributed by atoms with E-state index in [1.807, 2.05) is 0 Å². The number of hydrogen-bond donors (Lipinski definition) is 7. The second-order valence-corrected chi connectivity index (χ2v) is 7.91. The Balaban J connectivity index is 5.15. The predicted octanol–water partition coefficient (Wildman–Crippen LogP) is -2.37. The molecule has 3 amide bonds. The Labute approximate surface area is 174 Å². The molecule has 0 saturated carbocycles. The van der Waals surface area contributed by atoms with Crippen molar-refractivity contribution in [3.63, 3.8) is 0 Å². The van der Waals surface area contributed by atoms with Gasteiger partial charge in [0, 0.05) is 0 Å². The van der Waals surface area contributed by atoms with Gasteiger partial charge in [-0.3, -0.25) is 14.4 Å². The van der Waals surface area contributed by atoms with Crippen LogP contribution in [0.25, 0.3) is 0 Å². The van der Waals surface area contributed by atoms with Crippen LogP contribution in [0.4, 0.5) is 0 Å². The van der Waals surface area contributed by atoms with Crippen LogP contribution in [0, 0.1) is 5.92 Å². The van der Waals surface area contributed by atoms with Crippen LogP contribution in [-0.2, 0) is 19.2 Å². The Hall–Kier alpha value is -1.89. The maximum absolute atomic E-state index is 12.4. The van der Waals surface area contributed by atoms with Crippen molar-refractivity contribution in [1.29, 1.82) is 0 Å². The molecule has 8 N–H and O–H groups in total. The maximum Gasteiger partial charge on any atom is 0.326 e. The summed E-state index contributed by atoms with van der Waals surface area (Å²) in [6.45, 7) is 3.90. The minimum atomic E-state index is -1.48. The van der Waals surface area contributed by atoms with Crippen LogP contribution in [-0.4, -0.2) is 87.9 Å². The van der Waals surface area contributed by atoms with Crippen molar-refractivity contribution < 1.29 is 34.5 Å². The summed E-state index contributed by atoms with van der Waals surface area (Å²) in [5.74, 6) is -3.45. The van der Waals surface area contributed by atoms with Crippen molar-refractivity contribution in [3.05, 3.63) is 0 Å². The lowest BCUT2D eigenvalue weighted by Crippen LogP contribution is -2.60. The molecule has 0 aliphatic carbocycles. The summed E-state index contributed by atoms with van der Waals surface area (Å²) < 4.78 is 0. The predicted molar refractivity (Wildman–Crippen MR) is 108 cm³/mol. The normalized spacial score (nSPS) is 16.3. The van der Waals surface area contributed by atoms with Crippen LogP contribution in [0.5, 0.6) is 0 Å². The molecule has 0 spiro atoms. The first kappa shape index (κ1) is 27.1. The summed E-state index contributed by atoms with van der Waals surface area (Å²) in [4.78, 5) is 48.1. The van der Waals surface area contributed by atoms with E-state index >= 15 is 0 Å². The Morgan fingerprint density at radius 2 is 1.52 bits per heavy atom. The topological polar surface area (TPSA) is 191 Å². The van der Waals surface area contributed by atoms with E-state index in [0.717, 1.165) is 0 Å². The molecule has 5 unspecified atom stereocenters. The molecule has 0 radical (unpaired) electrons. The number of carboxylic acid groups (broad SMARTS) is 1. The highest BCUT2D eigenvalue weighted by atomic mass is 32.2. The van der Waals surface area contributed by atoms with E-state index in [0.29, 0.717) is 5.75 Å². The van der Waals surface area contributed by atoms with Gasteiger partial charge in [0.15, 0.2) is 0 Å². The van der Waals surface area contributed by atoms with Crippen molar-refractivity contribution in [2.75, 3.05) is 18.6 Å². The largest absolute Gasteiger partial charge is 0.480 e. The molecule has 0 aliphatic heterocycles. The fraction of sp³-hybridized carbons (Fsp3) is 0.765. The quantitative estimate of drug-likeness (QED) is 0.165. The zero-order valence-corrected chi connectivity index (χ0v) is 17.9. The molecule has 11 nitrogen and oxygen atoms in total. The second-order valence-electron chi connectivity index (χ2n) is 6.92. The molecular formula is C17H32N4O7S. The highest BCUT2D eigenvalue weighted by molar-refractivity contribution is 7.98. The van der Waals surface area contributed by atoms with Crippen LogP contribution >= 0.6 is 11.8 Å². The lowest BCUT2D eigenvalue weighted by Gasteiger charge is -2.26. The molecule has 0 fully saturated rings. The number of thioether (sulfide) groups is 1. The number of aliphatic carboxylic acids is 1. The van der Waals surface area contributed by atoms with E-state index in [1.54, 1.807) is 20.1 Å². The monoisotopic (exact) mass is 436 g/mol. The molecular weight excluding hydrogens is 404 g/mol. The number of hydrogen-bond acceptors (Lipinski definition) is 8. The molecule has 29 heavy (non-hydrogen) atoms. The number of aliphatic hydroxyl groups excluding tert-OH is 2. The average molecular weight is 437 g/mol. The number of rotatable bonds is 13. The maximum atomic E-state index is 12.4. The Morgan fingerprint density at radius 1 is 0.966 bits per heavy atom. The van der Waals surface area contributed by atoms with Gasteiger partial charge in [-0.05, 0) is 31.3 Å². The van der Waals surface area contributed by atoms with Gasteiger partial charge in [-0.15, -0.1) is 0 Å². The van der Waals surface area contributed by atoms with Gasteiger partial charge >= 0.3 is 5.97 Å². The highest BCUT2D eigenvalue weighted by Crippen LogP contribution is 2.04. The van der Waals surface area contributed by atoms with Gasteiger partial charge in [0.2, 0.25) is 17.7 Å². The number of carbonyl (C=O) groups is 4. The van der Waals surface area contributed by atoms with Crippen molar-refractivity contribution in [2.45, 2.75) is 57.5 Å². The SMILES string of the molecule is CSCCC(NC(=O)C(NC(=O)C(CO)NC(=O)C(N)C(C)C)C(C)O)C(=O)O.